The van der Waals surface area contributed by atoms with Crippen LogP contribution >= 0.6 is 0 Å². The maximum absolute atomic E-state index is 6.21. The molecule has 1 N–H and O–H groups in total. The number of benzene rings is 1. The molecule has 1 aliphatic heterocycles. The fraction of sp³-hybridized carbons (Fsp3) is 0.647. The average molecular weight is 275 g/mol. The van der Waals surface area contributed by atoms with Crippen molar-refractivity contribution in [3.8, 4) is 5.75 Å². The highest BCUT2D eigenvalue weighted by atomic mass is 16.5. The number of hydrogen-bond donors (Lipinski definition) is 1. The Kier molecular flexibility index (Phi) is 4.27. The summed E-state index contributed by atoms with van der Waals surface area (Å²) in [6.07, 6.45) is 5.00. The lowest BCUT2D eigenvalue weighted by atomic mass is 10.0. The molecule has 3 rings (SSSR count). The van der Waals surface area contributed by atoms with Crippen LogP contribution in [-0.2, 0) is 11.3 Å². The summed E-state index contributed by atoms with van der Waals surface area (Å²) in [6.45, 7) is 6.94. The topological polar surface area (TPSA) is 30.5 Å². The van der Waals surface area contributed by atoms with E-state index >= 15 is 0 Å². The first-order valence-corrected chi connectivity index (χ1v) is 7.80. The van der Waals surface area contributed by atoms with E-state index in [1.165, 1.54) is 29.5 Å². The predicted molar refractivity (Wildman–Crippen MR) is 80.2 cm³/mol. The molecular formula is C17H25NO2. The van der Waals surface area contributed by atoms with Crippen LogP contribution in [0.4, 0.5) is 0 Å². The molecule has 0 unspecified atom stereocenters. The summed E-state index contributed by atoms with van der Waals surface area (Å²) < 4.78 is 11.6. The van der Waals surface area contributed by atoms with E-state index in [-0.39, 0.29) is 0 Å². The second kappa shape index (κ2) is 6.15. The molecule has 0 radical (unpaired) electrons. The largest absolute Gasteiger partial charge is 0.490 e. The van der Waals surface area contributed by atoms with Crippen LogP contribution in [0.3, 0.4) is 0 Å². The lowest BCUT2D eigenvalue weighted by Crippen LogP contribution is -2.26. The van der Waals surface area contributed by atoms with Crippen molar-refractivity contribution in [2.45, 2.75) is 58.2 Å². The van der Waals surface area contributed by atoms with Crippen molar-refractivity contribution in [3.05, 3.63) is 28.8 Å². The van der Waals surface area contributed by atoms with Crippen LogP contribution in [0.25, 0.3) is 0 Å². The third kappa shape index (κ3) is 3.53. The highest BCUT2D eigenvalue weighted by Gasteiger charge is 2.21. The lowest BCUT2D eigenvalue weighted by Gasteiger charge is -2.25. The summed E-state index contributed by atoms with van der Waals surface area (Å²) in [5.41, 5.74) is 3.87. The van der Waals surface area contributed by atoms with Gasteiger partial charge in [-0.1, -0.05) is 12.1 Å². The SMILES string of the molecule is Cc1cc(CNC2CC2)cc(C)c1OC1CCOCC1. The van der Waals surface area contributed by atoms with Gasteiger partial charge in [0.1, 0.15) is 11.9 Å². The van der Waals surface area contributed by atoms with Gasteiger partial charge in [-0.3, -0.25) is 0 Å². The van der Waals surface area contributed by atoms with Crippen LogP contribution < -0.4 is 10.1 Å². The summed E-state index contributed by atoms with van der Waals surface area (Å²) in [4.78, 5) is 0. The molecule has 20 heavy (non-hydrogen) atoms. The first-order valence-electron chi connectivity index (χ1n) is 7.80. The second-order valence-corrected chi connectivity index (χ2v) is 6.14. The first-order chi connectivity index (χ1) is 9.72. The normalized spacial score (nSPS) is 20.1. The molecule has 0 aromatic heterocycles. The Morgan fingerprint density at radius 2 is 1.75 bits per heavy atom. The monoisotopic (exact) mass is 275 g/mol. The van der Waals surface area contributed by atoms with Gasteiger partial charge in [0.15, 0.2) is 0 Å². The van der Waals surface area contributed by atoms with Gasteiger partial charge in [0.25, 0.3) is 0 Å². The van der Waals surface area contributed by atoms with Crippen molar-refractivity contribution >= 4 is 0 Å². The van der Waals surface area contributed by atoms with Crippen molar-refractivity contribution in [3.63, 3.8) is 0 Å². The predicted octanol–water partition coefficient (Wildman–Crippen LogP) is 3.11. The lowest BCUT2D eigenvalue weighted by molar-refractivity contribution is 0.0250. The van der Waals surface area contributed by atoms with Crippen LogP contribution in [-0.4, -0.2) is 25.4 Å². The van der Waals surface area contributed by atoms with Crippen molar-refractivity contribution in [2.24, 2.45) is 0 Å². The van der Waals surface area contributed by atoms with E-state index in [4.69, 9.17) is 9.47 Å². The summed E-state index contributed by atoms with van der Waals surface area (Å²) in [5.74, 6) is 1.08. The molecule has 1 saturated carbocycles. The Hall–Kier alpha value is -1.06. The van der Waals surface area contributed by atoms with Gasteiger partial charge >= 0.3 is 0 Å². The van der Waals surface area contributed by atoms with Gasteiger partial charge < -0.3 is 14.8 Å². The van der Waals surface area contributed by atoms with E-state index in [1.54, 1.807) is 0 Å². The molecule has 1 saturated heterocycles. The Bertz CT molecular complexity index is 439. The molecule has 2 fully saturated rings. The number of aryl methyl sites for hydroxylation is 2. The summed E-state index contributed by atoms with van der Waals surface area (Å²) >= 11 is 0. The number of rotatable bonds is 5. The van der Waals surface area contributed by atoms with E-state index < -0.39 is 0 Å². The van der Waals surface area contributed by atoms with Crippen molar-refractivity contribution in [2.75, 3.05) is 13.2 Å². The summed E-state index contributed by atoms with van der Waals surface area (Å²) in [6, 6.07) is 5.28. The first kappa shape index (κ1) is 13.9. The summed E-state index contributed by atoms with van der Waals surface area (Å²) in [5, 5.41) is 3.57. The number of hydrogen-bond acceptors (Lipinski definition) is 3. The van der Waals surface area contributed by atoms with Gasteiger partial charge in [-0.25, -0.2) is 0 Å². The van der Waals surface area contributed by atoms with E-state index in [1.807, 2.05) is 0 Å². The second-order valence-electron chi connectivity index (χ2n) is 6.14. The highest BCUT2D eigenvalue weighted by Crippen LogP contribution is 2.28. The maximum Gasteiger partial charge on any atom is 0.125 e. The molecule has 0 bridgehead atoms. The van der Waals surface area contributed by atoms with Crippen LogP contribution in [0.15, 0.2) is 12.1 Å². The molecule has 0 atom stereocenters. The third-order valence-electron chi connectivity index (χ3n) is 4.15. The quantitative estimate of drug-likeness (QED) is 0.895. The molecule has 1 aromatic carbocycles. The van der Waals surface area contributed by atoms with Crippen molar-refractivity contribution < 1.29 is 9.47 Å². The smallest absolute Gasteiger partial charge is 0.125 e. The van der Waals surface area contributed by atoms with Crippen molar-refractivity contribution in [1.29, 1.82) is 0 Å². The van der Waals surface area contributed by atoms with E-state index in [2.05, 4.69) is 31.3 Å². The fourth-order valence-electron chi connectivity index (χ4n) is 2.84. The van der Waals surface area contributed by atoms with Gasteiger partial charge in [-0.2, -0.15) is 0 Å². The van der Waals surface area contributed by atoms with Crippen LogP contribution in [0, 0.1) is 13.8 Å². The minimum absolute atomic E-state index is 0.316. The fourth-order valence-corrected chi connectivity index (χ4v) is 2.84. The zero-order valence-electron chi connectivity index (χ0n) is 12.6. The van der Waals surface area contributed by atoms with Gasteiger partial charge in [0, 0.05) is 25.4 Å². The number of nitrogens with one attached hydrogen (secondary N) is 1. The van der Waals surface area contributed by atoms with Gasteiger partial charge in [-0.05, 0) is 43.4 Å². The Morgan fingerprint density at radius 3 is 2.35 bits per heavy atom. The van der Waals surface area contributed by atoms with Gasteiger partial charge in [-0.15, -0.1) is 0 Å². The van der Waals surface area contributed by atoms with Gasteiger partial charge in [0.2, 0.25) is 0 Å². The molecule has 0 spiro atoms. The minimum atomic E-state index is 0.316. The Morgan fingerprint density at radius 1 is 1.10 bits per heavy atom. The van der Waals surface area contributed by atoms with Crippen LogP contribution in [0.1, 0.15) is 42.4 Å². The van der Waals surface area contributed by atoms with E-state index in [0.29, 0.717) is 6.10 Å². The molecule has 3 heteroatoms. The molecular weight excluding hydrogens is 250 g/mol. The highest BCUT2D eigenvalue weighted by molar-refractivity contribution is 5.43. The summed E-state index contributed by atoms with van der Waals surface area (Å²) in [7, 11) is 0. The van der Waals surface area contributed by atoms with Crippen LogP contribution in [0.2, 0.25) is 0 Å². The standard InChI is InChI=1S/C17H25NO2/c1-12-9-14(11-18-15-3-4-15)10-13(2)17(12)20-16-5-7-19-8-6-16/h9-10,15-16,18H,3-8,11H2,1-2H3. The minimum Gasteiger partial charge on any atom is -0.490 e. The average Bonchev–Trinajstić information content (AvgIpc) is 3.26. The van der Waals surface area contributed by atoms with E-state index in [9.17, 15) is 0 Å². The molecule has 110 valence electrons. The maximum atomic E-state index is 6.21. The van der Waals surface area contributed by atoms with E-state index in [0.717, 1.165) is 44.4 Å². The van der Waals surface area contributed by atoms with Crippen LogP contribution in [0.5, 0.6) is 5.75 Å². The van der Waals surface area contributed by atoms with Gasteiger partial charge in [0.05, 0.1) is 13.2 Å². The molecule has 3 nitrogen and oxygen atoms in total. The molecule has 0 amide bonds. The number of ether oxygens (including phenoxy) is 2. The molecule has 2 aliphatic rings. The zero-order chi connectivity index (χ0) is 13.9. The Labute approximate surface area is 121 Å². The molecule has 1 aliphatic carbocycles. The molecule has 1 aromatic rings. The Balaban J connectivity index is 1.66. The third-order valence-corrected chi connectivity index (χ3v) is 4.15. The molecule has 1 heterocycles. The van der Waals surface area contributed by atoms with Crippen molar-refractivity contribution in [1.82, 2.24) is 5.32 Å². The zero-order valence-corrected chi connectivity index (χ0v) is 12.6.